The first-order valence-corrected chi connectivity index (χ1v) is 7.26. The molecule has 0 amide bonds. The molecule has 1 aromatic heterocycles. The minimum Gasteiger partial charge on any atom is -0.361 e. The first-order valence-electron chi connectivity index (χ1n) is 7.26. The van der Waals surface area contributed by atoms with Gasteiger partial charge in [-0.05, 0) is 38.8 Å². The highest BCUT2D eigenvalue weighted by molar-refractivity contribution is 5.87. The molecule has 0 aliphatic heterocycles. The van der Waals surface area contributed by atoms with Gasteiger partial charge in [0.1, 0.15) is 5.78 Å². The van der Waals surface area contributed by atoms with Crippen LogP contribution in [0.2, 0.25) is 0 Å². The molecule has 0 spiro atoms. The van der Waals surface area contributed by atoms with Gasteiger partial charge in [-0.3, -0.25) is 4.79 Å². The third kappa shape index (κ3) is 3.48. The van der Waals surface area contributed by atoms with Crippen molar-refractivity contribution in [1.29, 1.82) is 0 Å². The number of benzene rings is 1. The number of H-pyrrole nitrogens is 1. The van der Waals surface area contributed by atoms with Gasteiger partial charge in [0.05, 0.1) is 6.04 Å². The summed E-state index contributed by atoms with van der Waals surface area (Å²) >= 11 is 0. The Morgan fingerprint density at radius 3 is 2.65 bits per heavy atom. The summed E-state index contributed by atoms with van der Waals surface area (Å²) in [4.78, 5) is 15.5. The summed E-state index contributed by atoms with van der Waals surface area (Å²) in [5.41, 5.74) is 2.26. The zero-order chi connectivity index (χ0) is 14.8. The molecule has 2 aromatic rings. The van der Waals surface area contributed by atoms with Crippen LogP contribution in [0.25, 0.3) is 10.9 Å². The van der Waals surface area contributed by atoms with Crippen molar-refractivity contribution in [3.05, 3.63) is 36.0 Å². The SMILES string of the molecule is CCC(=O)[C@H](Cc1c[nH]c2ccccc12)NC(C)(C)C. The lowest BCUT2D eigenvalue weighted by Gasteiger charge is -2.27. The van der Waals surface area contributed by atoms with Crippen molar-refractivity contribution < 1.29 is 4.79 Å². The molecule has 20 heavy (non-hydrogen) atoms. The minimum absolute atomic E-state index is 0.0678. The van der Waals surface area contributed by atoms with Gasteiger partial charge in [-0.2, -0.15) is 0 Å². The number of hydrogen-bond acceptors (Lipinski definition) is 2. The second-order valence-corrected chi connectivity index (χ2v) is 6.33. The average molecular weight is 272 g/mol. The van der Waals surface area contributed by atoms with Gasteiger partial charge in [0.15, 0.2) is 0 Å². The lowest BCUT2D eigenvalue weighted by Crippen LogP contribution is -2.48. The normalized spacial score (nSPS) is 13.6. The molecule has 1 heterocycles. The van der Waals surface area contributed by atoms with Gasteiger partial charge in [-0.1, -0.05) is 25.1 Å². The van der Waals surface area contributed by atoms with Crippen molar-refractivity contribution in [2.75, 3.05) is 0 Å². The second-order valence-electron chi connectivity index (χ2n) is 6.33. The van der Waals surface area contributed by atoms with E-state index in [0.717, 1.165) is 11.9 Å². The maximum Gasteiger partial charge on any atom is 0.149 e. The van der Waals surface area contributed by atoms with Crippen LogP contribution in [0.4, 0.5) is 0 Å². The van der Waals surface area contributed by atoms with Crippen LogP contribution in [0.15, 0.2) is 30.5 Å². The molecular weight excluding hydrogens is 248 g/mol. The molecule has 0 radical (unpaired) electrons. The van der Waals surface area contributed by atoms with E-state index in [4.69, 9.17) is 0 Å². The molecule has 0 fully saturated rings. The number of aromatic nitrogens is 1. The molecule has 0 unspecified atom stereocenters. The largest absolute Gasteiger partial charge is 0.361 e. The summed E-state index contributed by atoms with van der Waals surface area (Å²) in [6.45, 7) is 8.21. The summed E-state index contributed by atoms with van der Waals surface area (Å²) in [7, 11) is 0. The maximum absolute atomic E-state index is 12.2. The summed E-state index contributed by atoms with van der Waals surface area (Å²) in [6.07, 6.45) is 3.31. The van der Waals surface area contributed by atoms with Gasteiger partial charge in [-0.15, -0.1) is 0 Å². The number of carbonyl (C=O) groups excluding carboxylic acids is 1. The van der Waals surface area contributed by atoms with Crippen LogP contribution in [0, 0.1) is 0 Å². The zero-order valence-corrected chi connectivity index (χ0v) is 12.8. The Bertz CT molecular complexity index is 592. The second kappa shape index (κ2) is 5.80. The number of hydrogen-bond donors (Lipinski definition) is 2. The summed E-state index contributed by atoms with van der Waals surface area (Å²) in [5.74, 6) is 0.269. The van der Waals surface area contributed by atoms with Gasteiger partial charge >= 0.3 is 0 Å². The predicted octanol–water partition coefficient (Wildman–Crippen LogP) is 3.45. The fourth-order valence-electron chi connectivity index (χ4n) is 2.53. The average Bonchev–Trinajstić information content (AvgIpc) is 2.79. The third-order valence-electron chi connectivity index (χ3n) is 3.44. The Morgan fingerprint density at radius 2 is 2.00 bits per heavy atom. The third-order valence-corrected chi connectivity index (χ3v) is 3.44. The fraction of sp³-hybridized carbons (Fsp3) is 0.471. The molecule has 0 bridgehead atoms. The van der Waals surface area contributed by atoms with E-state index in [0.29, 0.717) is 6.42 Å². The first-order chi connectivity index (χ1) is 9.40. The Balaban J connectivity index is 2.25. The number of nitrogens with one attached hydrogen (secondary N) is 2. The number of carbonyl (C=O) groups is 1. The van der Waals surface area contributed by atoms with Crippen LogP contribution in [-0.4, -0.2) is 22.3 Å². The standard InChI is InChI=1S/C17H24N2O/c1-5-16(20)15(19-17(2,3)4)10-12-11-18-14-9-7-6-8-13(12)14/h6-9,11,15,18-19H,5,10H2,1-4H3/t15-/m0/s1. The molecule has 0 saturated heterocycles. The molecule has 2 rings (SSSR count). The van der Waals surface area contributed by atoms with Crippen molar-refractivity contribution in [3.8, 4) is 0 Å². The lowest BCUT2D eigenvalue weighted by molar-refractivity contribution is -0.121. The summed E-state index contributed by atoms with van der Waals surface area (Å²) < 4.78 is 0. The number of rotatable bonds is 5. The number of ketones is 1. The molecular formula is C17H24N2O. The maximum atomic E-state index is 12.2. The molecule has 1 atom stereocenters. The molecule has 3 heteroatoms. The fourth-order valence-corrected chi connectivity index (χ4v) is 2.53. The van der Waals surface area contributed by atoms with E-state index in [2.05, 4.69) is 43.2 Å². The quantitative estimate of drug-likeness (QED) is 0.875. The Hall–Kier alpha value is -1.61. The van der Waals surface area contributed by atoms with Crippen LogP contribution in [0.3, 0.4) is 0 Å². The first kappa shape index (κ1) is 14.8. The molecule has 108 valence electrons. The lowest BCUT2D eigenvalue weighted by atomic mass is 9.97. The van der Waals surface area contributed by atoms with Crippen LogP contribution >= 0.6 is 0 Å². The highest BCUT2D eigenvalue weighted by Crippen LogP contribution is 2.20. The van der Waals surface area contributed by atoms with E-state index in [-0.39, 0.29) is 17.4 Å². The number of aromatic amines is 1. The molecule has 2 N–H and O–H groups in total. The van der Waals surface area contributed by atoms with Crippen LogP contribution in [0.1, 0.15) is 39.7 Å². The van der Waals surface area contributed by atoms with Crippen LogP contribution < -0.4 is 5.32 Å². The molecule has 0 aliphatic rings. The van der Waals surface area contributed by atoms with E-state index in [1.54, 1.807) is 0 Å². The van der Waals surface area contributed by atoms with Crippen LogP contribution in [0.5, 0.6) is 0 Å². The molecule has 3 nitrogen and oxygen atoms in total. The van der Waals surface area contributed by atoms with E-state index in [9.17, 15) is 4.79 Å². The smallest absolute Gasteiger partial charge is 0.149 e. The van der Waals surface area contributed by atoms with Crippen LogP contribution in [-0.2, 0) is 11.2 Å². The van der Waals surface area contributed by atoms with Gasteiger partial charge in [-0.25, -0.2) is 0 Å². The van der Waals surface area contributed by atoms with E-state index in [1.807, 2.05) is 25.3 Å². The highest BCUT2D eigenvalue weighted by atomic mass is 16.1. The molecule has 1 aromatic carbocycles. The Kier molecular flexibility index (Phi) is 4.29. The Labute approximate surface area is 120 Å². The van der Waals surface area contributed by atoms with E-state index >= 15 is 0 Å². The van der Waals surface area contributed by atoms with Gasteiger partial charge in [0.25, 0.3) is 0 Å². The van der Waals surface area contributed by atoms with Crippen molar-refractivity contribution in [2.24, 2.45) is 0 Å². The van der Waals surface area contributed by atoms with Gasteiger partial charge in [0.2, 0.25) is 0 Å². The van der Waals surface area contributed by atoms with Gasteiger partial charge < -0.3 is 10.3 Å². The topological polar surface area (TPSA) is 44.9 Å². The highest BCUT2D eigenvalue weighted by Gasteiger charge is 2.23. The number of fused-ring (bicyclic) bond motifs is 1. The number of Topliss-reactive ketones (excluding diaryl/α,β-unsaturated/α-hetero) is 1. The van der Waals surface area contributed by atoms with Crippen molar-refractivity contribution in [1.82, 2.24) is 10.3 Å². The Morgan fingerprint density at radius 1 is 1.30 bits per heavy atom. The van der Waals surface area contributed by atoms with Crippen molar-refractivity contribution in [2.45, 2.75) is 52.1 Å². The van der Waals surface area contributed by atoms with Crippen molar-refractivity contribution in [3.63, 3.8) is 0 Å². The molecule has 0 saturated carbocycles. The van der Waals surface area contributed by atoms with Crippen molar-refractivity contribution >= 4 is 16.7 Å². The van der Waals surface area contributed by atoms with Gasteiger partial charge in [0, 0.05) is 29.1 Å². The van der Waals surface area contributed by atoms with E-state index < -0.39 is 0 Å². The van der Waals surface area contributed by atoms with E-state index in [1.165, 1.54) is 10.9 Å². The molecule has 0 aliphatic carbocycles. The summed E-state index contributed by atoms with van der Waals surface area (Å²) in [6, 6.07) is 8.09. The monoisotopic (exact) mass is 272 g/mol. The predicted molar refractivity (Wildman–Crippen MR) is 84.0 cm³/mol. The summed E-state index contributed by atoms with van der Waals surface area (Å²) in [5, 5.41) is 4.65. The zero-order valence-electron chi connectivity index (χ0n) is 12.8. The number of para-hydroxylation sites is 1. The minimum atomic E-state index is -0.126.